The van der Waals surface area contributed by atoms with Crippen LogP contribution in [0.2, 0.25) is 5.02 Å². The molecule has 4 aromatic rings. The quantitative estimate of drug-likeness (QED) is 0.289. The highest BCUT2D eigenvalue weighted by Crippen LogP contribution is 2.28. The molecule has 5 heteroatoms. The molecule has 136 valence electrons. The van der Waals surface area contributed by atoms with E-state index in [9.17, 15) is 5.11 Å². The number of benzene rings is 4. The zero-order chi connectivity index (χ0) is 19.3. The fourth-order valence-corrected chi connectivity index (χ4v) is 2.92. The van der Waals surface area contributed by atoms with E-state index in [0.29, 0.717) is 22.0 Å². The van der Waals surface area contributed by atoms with Crippen molar-refractivity contribution in [2.45, 2.75) is 0 Å². The van der Waals surface area contributed by atoms with Gasteiger partial charge in [-0.2, -0.15) is 10.2 Å². The summed E-state index contributed by atoms with van der Waals surface area (Å²) in [5, 5.41) is 21.4. The highest BCUT2D eigenvalue weighted by Gasteiger charge is 2.02. The van der Waals surface area contributed by atoms with E-state index in [0.717, 1.165) is 16.5 Å². The van der Waals surface area contributed by atoms with Crippen LogP contribution in [-0.2, 0) is 0 Å². The van der Waals surface area contributed by atoms with Crippen molar-refractivity contribution >= 4 is 45.7 Å². The second-order valence-electron chi connectivity index (χ2n) is 6.18. The molecule has 4 aromatic carbocycles. The largest absolute Gasteiger partial charge is 0.507 e. The van der Waals surface area contributed by atoms with Gasteiger partial charge in [0.1, 0.15) is 5.75 Å². The van der Waals surface area contributed by atoms with E-state index < -0.39 is 0 Å². The van der Waals surface area contributed by atoms with Gasteiger partial charge in [0.25, 0.3) is 0 Å². The van der Waals surface area contributed by atoms with Gasteiger partial charge < -0.3 is 5.11 Å². The lowest BCUT2D eigenvalue weighted by molar-refractivity contribution is 0.474. The third-order valence-corrected chi connectivity index (χ3v) is 4.48. The normalized spacial score (nSPS) is 11.6. The average Bonchev–Trinajstić information content (AvgIpc) is 2.73. The lowest BCUT2D eigenvalue weighted by Crippen LogP contribution is -1.82. The molecular formula is C23H16ClN3O. The topological polar surface area (TPSA) is 57.3 Å². The number of halogens is 1. The monoisotopic (exact) mass is 385 g/mol. The van der Waals surface area contributed by atoms with Crippen molar-refractivity contribution in [1.29, 1.82) is 0 Å². The number of hydrogen-bond donors (Lipinski definition) is 1. The Kier molecular flexibility index (Phi) is 5.13. The first-order valence-corrected chi connectivity index (χ1v) is 9.09. The molecular weight excluding hydrogens is 370 g/mol. The van der Waals surface area contributed by atoms with E-state index in [1.165, 1.54) is 0 Å². The maximum absolute atomic E-state index is 10.2. The lowest BCUT2D eigenvalue weighted by atomic mass is 10.1. The number of hydrogen-bond acceptors (Lipinski definition) is 4. The maximum Gasteiger partial charge on any atom is 0.124 e. The minimum atomic E-state index is 0.134. The maximum atomic E-state index is 10.2. The minimum absolute atomic E-state index is 0.134. The molecule has 0 aliphatic carbocycles. The van der Waals surface area contributed by atoms with E-state index in [1.54, 1.807) is 48.7 Å². The first-order valence-electron chi connectivity index (χ1n) is 8.71. The Labute approximate surface area is 167 Å². The molecule has 0 bridgehead atoms. The summed E-state index contributed by atoms with van der Waals surface area (Å²) < 4.78 is 0. The van der Waals surface area contributed by atoms with Crippen molar-refractivity contribution in [3.63, 3.8) is 0 Å². The lowest BCUT2D eigenvalue weighted by Gasteiger charge is -2.03. The molecule has 0 heterocycles. The zero-order valence-corrected chi connectivity index (χ0v) is 15.6. The fourth-order valence-electron chi connectivity index (χ4n) is 2.79. The van der Waals surface area contributed by atoms with Gasteiger partial charge in [0.05, 0.1) is 17.1 Å². The van der Waals surface area contributed by atoms with Crippen LogP contribution in [-0.4, -0.2) is 11.3 Å². The molecule has 4 rings (SSSR count). The van der Waals surface area contributed by atoms with E-state index in [1.807, 2.05) is 42.5 Å². The van der Waals surface area contributed by atoms with Gasteiger partial charge in [-0.25, -0.2) is 0 Å². The molecule has 0 aliphatic rings. The summed E-state index contributed by atoms with van der Waals surface area (Å²) in [5.41, 5.74) is 2.72. The molecule has 0 fully saturated rings. The summed E-state index contributed by atoms with van der Waals surface area (Å²) in [6, 6.07) is 26.1. The number of phenolic OH excluding ortho intramolecular Hbond substituents is 1. The summed E-state index contributed by atoms with van der Waals surface area (Å²) in [6.45, 7) is 0. The number of nitrogens with zero attached hydrogens (tertiary/aromatic N) is 3. The van der Waals surface area contributed by atoms with Crippen LogP contribution in [0.5, 0.6) is 5.75 Å². The number of rotatable bonds is 4. The second kappa shape index (κ2) is 8.03. The molecule has 0 aliphatic heterocycles. The van der Waals surface area contributed by atoms with E-state index in [-0.39, 0.29) is 5.75 Å². The van der Waals surface area contributed by atoms with Crippen molar-refractivity contribution in [3.05, 3.63) is 95.5 Å². The van der Waals surface area contributed by atoms with Gasteiger partial charge in [0.2, 0.25) is 0 Å². The van der Waals surface area contributed by atoms with Crippen LogP contribution in [0.15, 0.2) is 100 Å². The van der Waals surface area contributed by atoms with Gasteiger partial charge in [-0.15, -0.1) is 0 Å². The van der Waals surface area contributed by atoms with Crippen LogP contribution < -0.4 is 0 Å². The Hall–Kier alpha value is -3.50. The smallest absolute Gasteiger partial charge is 0.124 e. The Bertz CT molecular complexity index is 1180. The molecule has 0 atom stereocenters. The first kappa shape index (κ1) is 17.9. The Morgan fingerprint density at radius 3 is 2.32 bits per heavy atom. The predicted octanol–water partition coefficient (Wildman–Crippen LogP) is 7.36. The number of aromatic hydroxyl groups is 1. The van der Waals surface area contributed by atoms with Gasteiger partial charge in [-0.05, 0) is 53.9 Å². The van der Waals surface area contributed by atoms with Crippen molar-refractivity contribution in [1.82, 2.24) is 0 Å². The molecule has 0 saturated carbocycles. The van der Waals surface area contributed by atoms with E-state index >= 15 is 0 Å². The molecule has 0 unspecified atom stereocenters. The minimum Gasteiger partial charge on any atom is -0.507 e. The molecule has 0 radical (unpaired) electrons. The van der Waals surface area contributed by atoms with E-state index in [4.69, 9.17) is 11.6 Å². The molecule has 0 amide bonds. The highest BCUT2D eigenvalue weighted by molar-refractivity contribution is 6.30. The molecule has 0 saturated heterocycles. The molecule has 0 aromatic heterocycles. The summed E-state index contributed by atoms with van der Waals surface area (Å²) in [6.07, 6.45) is 1.64. The van der Waals surface area contributed by atoms with Crippen LogP contribution in [0.3, 0.4) is 0 Å². The van der Waals surface area contributed by atoms with Crippen LogP contribution in [0, 0.1) is 0 Å². The van der Waals surface area contributed by atoms with Gasteiger partial charge in [0, 0.05) is 22.2 Å². The fraction of sp³-hybridized carbons (Fsp3) is 0. The average molecular weight is 386 g/mol. The highest BCUT2D eigenvalue weighted by atomic mass is 35.5. The van der Waals surface area contributed by atoms with Gasteiger partial charge in [-0.3, -0.25) is 4.99 Å². The van der Waals surface area contributed by atoms with Gasteiger partial charge in [0.15, 0.2) is 0 Å². The third kappa shape index (κ3) is 4.08. The standard InChI is InChI=1S/C23H16ClN3O/c24-18-8-10-19(11-9-18)26-27-20-12-13-23(28)17(14-20)15-25-22-7-3-5-16-4-1-2-6-21(16)22/h1-15,28H. The van der Waals surface area contributed by atoms with Gasteiger partial charge >= 0.3 is 0 Å². The molecule has 0 spiro atoms. The molecule has 1 N–H and O–H groups in total. The first-order chi connectivity index (χ1) is 13.7. The summed E-state index contributed by atoms with van der Waals surface area (Å²) in [7, 11) is 0. The molecule has 28 heavy (non-hydrogen) atoms. The Morgan fingerprint density at radius 2 is 1.46 bits per heavy atom. The number of phenols is 1. The summed E-state index contributed by atoms with van der Waals surface area (Å²) in [5.74, 6) is 0.134. The van der Waals surface area contributed by atoms with Crippen LogP contribution >= 0.6 is 11.6 Å². The van der Waals surface area contributed by atoms with Crippen molar-refractivity contribution < 1.29 is 5.11 Å². The summed E-state index contributed by atoms with van der Waals surface area (Å²) in [4.78, 5) is 4.56. The van der Waals surface area contributed by atoms with Crippen molar-refractivity contribution in [2.75, 3.05) is 0 Å². The second-order valence-corrected chi connectivity index (χ2v) is 6.61. The number of aliphatic imine (C=N–C) groups is 1. The molecule has 4 nitrogen and oxygen atoms in total. The predicted molar refractivity (Wildman–Crippen MR) is 115 cm³/mol. The Morgan fingerprint density at radius 1 is 0.750 bits per heavy atom. The van der Waals surface area contributed by atoms with Gasteiger partial charge in [-0.1, -0.05) is 48.0 Å². The van der Waals surface area contributed by atoms with Crippen molar-refractivity contribution in [3.8, 4) is 5.75 Å². The summed E-state index contributed by atoms with van der Waals surface area (Å²) >= 11 is 5.87. The van der Waals surface area contributed by atoms with Crippen molar-refractivity contribution in [2.24, 2.45) is 15.2 Å². The van der Waals surface area contributed by atoms with Crippen LogP contribution in [0.1, 0.15) is 5.56 Å². The number of azo groups is 1. The third-order valence-electron chi connectivity index (χ3n) is 4.23. The van der Waals surface area contributed by atoms with Crippen LogP contribution in [0.4, 0.5) is 17.1 Å². The van der Waals surface area contributed by atoms with Crippen LogP contribution in [0.25, 0.3) is 10.8 Å². The number of fused-ring (bicyclic) bond motifs is 1. The Balaban J connectivity index is 1.62. The zero-order valence-electron chi connectivity index (χ0n) is 14.8. The van der Waals surface area contributed by atoms with E-state index in [2.05, 4.69) is 15.2 Å². The SMILES string of the molecule is Oc1ccc(N=Nc2ccc(Cl)cc2)cc1C=Nc1cccc2ccccc12.